The predicted octanol–water partition coefficient (Wildman–Crippen LogP) is 1.16. The molecule has 0 amide bonds. The Morgan fingerprint density at radius 3 is 3.07 bits per heavy atom. The highest BCUT2D eigenvalue weighted by molar-refractivity contribution is 7.09. The van der Waals surface area contributed by atoms with Gasteiger partial charge in [0.15, 0.2) is 0 Å². The largest absolute Gasteiger partial charge is 0.358 e. The fraction of sp³-hybridized carbons (Fsp3) is 0.375. The van der Waals surface area contributed by atoms with Crippen LogP contribution in [0.25, 0.3) is 0 Å². The van der Waals surface area contributed by atoms with Gasteiger partial charge in [0.25, 0.3) is 0 Å². The molecule has 2 aromatic heterocycles. The van der Waals surface area contributed by atoms with Gasteiger partial charge in [-0.05, 0) is 6.92 Å². The van der Waals surface area contributed by atoms with Crippen LogP contribution < -0.4 is 5.32 Å². The topological polar surface area (TPSA) is 55.6 Å². The molecular formula is C8H11N5S. The third kappa shape index (κ3) is 2.08. The minimum absolute atomic E-state index is 0.840. The summed E-state index contributed by atoms with van der Waals surface area (Å²) in [6, 6.07) is 0. The van der Waals surface area contributed by atoms with E-state index in [1.165, 1.54) is 11.5 Å². The molecule has 2 heterocycles. The molecule has 0 spiro atoms. The molecule has 0 radical (unpaired) electrons. The summed E-state index contributed by atoms with van der Waals surface area (Å²) in [5, 5.41) is 4.05. The zero-order valence-electron chi connectivity index (χ0n) is 7.84. The number of anilines is 1. The Labute approximate surface area is 86.0 Å². The second-order valence-corrected chi connectivity index (χ2v) is 3.62. The van der Waals surface area contributed by atoms with Crippen LogP contribution in [0.15, 0.2) is 18.7 Å². The molecule has 2 rings (SSSR count). The summed E-state index contributed by atoms with van der Waals surface area (Å²) >= 11 is 1.37. The molecule has 0 saturated carbocycles. The zero-order chi connectivity index (χ0) is 9.80. The smallest absolute Gasteiger partial charge is 0.202 e. The number of hydrogen-bond donors (Lipinski definition) is 1. The fourth-order valence-electron chi connectivity index (χ4n) is 1.17. The summed E-state index contributed by atoms with van der Waals surface area (Å²) in [7, 11) is 0. The van der Waals surface area contributed by atoms with E-state index in [-0.39, 0.29) is 0 Å². The lowest BCUT2D eigenvalue weighted by Gasteiger charge is -2.04. The Kier molecular flexibility index (Phi) is 2.73. The number of aryl methyl sites for hydroxylation is 1. The Balaban J connectivity index is 1.81. The third-order valence-electron chi connectivity index (χ3n) is 1.91. The van der Waals surface area contributed by atoms with Crippen LogP contribution in [0.5, 0.6) is 0 Å². The Bertz CT molecular complexity index is 380. The van der Waals surface area contributed by atoms with E-state index in [1.807, 2.05) is 13.1 Å². The molecule has 0 aliphatic heterocycles. The molecule has 6 heteroatoms. The zero-order valence-corrected chi connectivity index (χ0v) is 8.66. The quantitative estimate of drug-likeness (QED) is 0.820. The first-order valence-electron chi connectivity index (χ1n) is 4.34. The maximum atomic E-state index is 4.14. The molecule has 5 nitrogen and oxygen atoms in total. The van der Waals surface area contributed by atoms with Gasteiger partial charge in [-0.1, -0.05) is 0 Å². The molecule has 0 bridgehead atoms. The van der Waals surface area contributed by atoms with Crippen LogP contribution >= 0.6 is 11.5 Å². The maximum Gasteiger partial charge on any atom is 0.202 e. The first kappa shape index (κ1) is 9.14. The number of hydrogen-bond acceptors (Lipinski definition) is 5. The van der Waals surface area contributed by atoms with Gasteiger partial charge >= 0.3 is 0 Å². The maximum absolute atomic E-state index is 4.14. The van der Waals surface area contributed by atoms with Crippen molar-refractivity contribution in [1.29, 1.82) is 0 Å². The van der Waals surface area contributed by atoms with E-state index in [9.17, 15) is 0 Å². The van der Waals surface area contributed by atoms with Crippen LogP contribution in [-0.2, 0) is 6.54 Å². The first-order chi connectivity index (χ1) is 6.86. The number of rotatable bonds is 4. The van der Waals surface area contributed by atoms with Gasteiger partial charge in [-0.25, -0.2) is 9.97 Å². The molecule has 0 atom stereocenters. The lowest BCUT2D eigenvalue weighted by Crippen LogP contribution is -2.10. The highest BCUT2D eigenvalue weighted by atomic mass is 32.1. The Hall–Kier alpha value is -1.43. The van der Waals surface area contributed by atoms with Gasteiger partial charge in [-0.2, -0.15) is 4.37 Å². The molecule has 14 heavy (non-hydrogen) atoms. The average Bonchev–Trinajstić information content (AvgIpc) is 2.78. The molecule has 0 fully saturated rings. The Morgan fingerprint density at radius 1 is 1.50 bits per heavy atom. The lowest BCUT2D eigenvalue weighted by molar-refractivity contribution is 0.700. The van der Waals surface area contributed by atoms with Crippen molar-refractivity contribution < 1.29 is 0 Å². The highest BCUT2D eigenvalue weighted by Crippen LogP contribution is 2.05. The molecule has 2 aromatic rings. The minimum Gasteiger partial charge on any atom is -0.358 e. The van der Waals surface area contributed by atoms with Gasteiger partial charge in [-0.3, -0.25) is 0 Å². The van der Waals surface area contributed by atoms with E-state index < -0.39 is 0 Å². The molecule has 74 valence electrons. The Morgan fingerprint density at radius 2 is 2.43 bits per heavy atom. The van der Waals surface area contributed by atoms with E-state index in [0.717, 1.165) is 24.0 Å². The molecule has 0 aromatic carbocycles. The summed E-state index contributed by atoms with van der Waals surface area (Å²) in [5.74, 6) is 1.03. The highest BCUT2D eigenvalue weighted by Gasteiger charge is 1.97. The van der Waals surface area contributed by atoms with E-state index in [4.69, 9.17) is 0 Å². The molecule has 0 aliphatic rings. The van der Waals surface area contributed by atoms with Crippen LogP contribution in [0, 0.1) is 6.92 Å². The summed E-state index contributed by atoms with van der Waals surface area (Å²) in [6.07, 6.45) is 5.33. The van der Waals surface area contributed by atoms with Crippen molar-refractivity contribution in [2.45, 2.75) is 13.5 Å². The lowest BCUT2D eigenvalue weighted by atomic mass is 10.5. The summed E-state index contributed by atoms with van der Waals surface area (Å²) < 4.78 is 6.00. The second kappa shape index (κ2) is 4.19. The van der Waals surface area contributed by atoms with Crippen molar-refractivity contribution in [3.63, 3.8) is 0 Å². The van der Waals surface area contributed by atoms with Crippen LogP contribution in [0.1, 0.15) is 5.82 Å². The van der Waals surface area contributed by atoms with Crippen molar-refractivity contribution in [2.24, 2.45) is 0 Å². The van der Waals surface area contributed by atoms with E-state index in [2.05, 4.69) is 24.2 Å². The minimum atomic E-state index is 0.840. The number of nitrogens with one attached hydrogen (secondary N) is 1. The van der Waals surface area contributed by atoms with Gasteiger partial charge in [0.05, 0.1) is 0 Å². The SMILES string of the molecule is Cc1nccn1CCNc1ncns1. The first-order valence-corrected chi connectivity index (χ1v) is 5.12. The average molecular weight is 209 g/mol. The molecule has 0 aliphatic carbocycles. The van der Waals surface area contributed by atoms with Crippen LogP contribution in [0.4, 0.5) is 5.13 Å². The molecular weight excluding hydrogens is 198 g/mol. The van der Waals surface area contributed by atoms with E-state index >= 15 is 0 Å². The summed E-state index contributed by atoms with van der Waals surface area (Å²) in [4.78, 5) is 8.17. The predicted molar refractivity (Wildman–Crippen MR) is 55.4 cm³/mol. The van der Waals surface area contributed by atoms with Gasteiger partial charge < -0.3 is 9.88 Å². The number of nitrogens with zero attached hydrogens (tertiary/aromatic N) is 4. The summed E-state index contributed by atoms with van der Waals surface area (Å²) in [6.45, 7) is 3.72. The van der Waals surface area contributed by atoms with E-state index in [0.29, 0.717) is 0 Å². The number of aromatic nitrogens is 4. The number of imidazole rings is 1. The van der Waals surface area contributed by atoms with Crippen molar-refractivity contribution in [3.8, 4) is 0 Å². The van der Waals surface area contributed by atoms with Gasteiger partial charge in [0.2, 0.25) is 5.13 Å². The standard InChI is InChI=1S/C8H11N5S/c1-7-9-2-4-13(7)5-3-10-8-11-6-12-14-8/h2,4,6H,3,5H2,1H3,(H,10,11,12). The van der Waals surface area contributed by atoms with Gasteiger partial charge in [0, 0.05) is 37.0 Å². The summed E-state index contributed by atoms with van der Waals surface area (Å²) in [5.41, 5.74) is 0. The second-order valence-electron chi connectivity index (χ2n) is 2.84. The fourth-order valence-corrected chi connectivity index (χ4v) is 1.63. The third-order valence-corrected chi connectivity index (χ3v) is 2.54. The van der Waals surface area contributed by atoms with Crippen molar-refractivity contribution in [3.05, 3.63) is 24.5 Å². The van der Waals surface area contributed by atoms with Crippen LogP contribution in [0.3, 0.4) is 0 Å². The normalized spacial score (nSPS) is 10.4. The van der Waals surface area contributed by atoms with Crippen LogP contribution in [-0.4, -0.2) is 25.5 Å². The van der Waals surface area contributed by atoms with Crippen LogP contribution in [0.2, 0.25) is 0 Å². The molecule has 0 saturated heterocycles. The van der Waals surface area contributed by atoms with Crippen molar-refractivity contribution in [2.75, 3.05) is 11.9 Å². The monoisotopic (exact) mass is 209 g/mol. The van der Waals surface area contributed by atoms with E-state index in [1.54, 1.807) is 12.5 Å². The van der Waals surface area contributed by atoms with Crippen molar-refractivity contribution >= 4 is 16.7 Å². The van der Waals surface area contributed by atoms with Crippen molar-refractivity contribution in [1.82, 2.24) is 18.9 Å². The molecule has 1 N–H and O–H groups in total. The van der Waals surface area contributed by atoms with Gasteiger partial charge in [-0.15, -0.1) is 0 Å². The van der Waals surface area contributed by atoms with Gasteiger partial charge in [0.1, 0.15) is 12.2 Å². The molecule has 0 unspecified atom stereocenters.